The number of carboxylic acid groups (broad SMARTS) is 1. The maximum absolute atomic E-state index is 12.6. The number of hydrogen-bond donors (Lipinski definition) is 2. The minimum absolute atomic E-state index is 0.1000. The second kappa shape index (κ2) is 6.34. The third kappa shape index (κ3) is 3.48. The van der Waals surface area contributed by atoms with Crippen molar-refractivity contribution in [3.8, 4) is 0 Å². The van der Waals surface area contributed by atoms with Gasteiger partial charge < -0.3 is 15.2 Å². The summed E-state index contributed by atoms with van der Waals surface area (Å²) >= 11 is 0. The monoisotopic (exact) mass is 314 g/mol. The number of ether oxygens (including phenoxy) is 1. The molecule has 2 N–H and O–H groups in total. The maximum Gasteiger partial charge on any atom is 0.305 e. The van der Waals surface area contributed by atoms with Crippen molar-refractivity contribution >= 4 is 22.8 Å². The van der Waals surface area contributed by atoms with Crippen LogP contribution in [0.4, 0.5) is 0 Å². The van der Waals surface area contributed by atoms with Gasteiger partial charge in [-0.3, -0.25) is 14.6 Å². The standard InChI is InChI=1S/C17H18N2O4/c20-15(21)11-17(5-8-23-9-6-17)19-16(22)13-3-4-14-12(10-13)2-1-7-18-14/h1-4,7,10H,5-6,8-9,11H2,(H,19,22)(H,20,21). The SMILES string of the molecule is O=C(O)CC1(NC(=O)c2ccc3ncccc3c2)CCOCC1. The van der Waals surface area contributed by atoms with Crippen LogP contribution in [0.2, 0.25) is 0 Å². The third-order valence-electron chi connectivity index (χ3n) is 4.18. The predicted molar refractivity (Wildman–Crippen MR) is 84.2 cm³/mol. The summed E-state index contributed by atoms with van der Waals surface area (Å²) < 4.78 is 5.30. The average molecular weight is 314 g/mol. The lowest BCUT2D eigenvalue weighted by atomic mass is 9.86. The molecule has 0 aliphatic carbocycles. The number of carbonyl (C=O) groups is 2. The largest absolute Gasteiger partial charge is 0.481 e. The van der Waals surface area contributed by atoms with Crippen LogP contribution < -0.4 is 5.32 Å². The summed E-state index contributed by atoms with van der Waals surface area (Å²) in [6.45, 7) is 0.907. The molecular formula is C17H18N2O4. The number of carboxylic acids is 1. The fourth-order valence-electron chi connectivity index (χ4n) is 2.93. The molecule has 0 spiro atoms. The van der Waals surface area contributed by atoms with Gasteiger partial charge in [0.05, 0.1) is 17.5 Å². The van der Waals surface area contributed by atoms with Gasteiger partial charge in [0, 0.05) is 30.4 Å². The van der Waals surface area contributed by atoms with Gasteiger partial charge >= 0.3 is 5.97 Å². The molecule has 0 bridgehead atoms. The molecule has 1 amide bonds. The number of nitrogens with one attached hydrogen (secondary N) is 1. The van der Waals surface area contributed by atoms with Crippen molar-refractivity contribution < 1.29 is 19.4 Å². The van der Waals surface area contributed by atoms with Crippen LogP contribution in [0, 0.1) is 0 Å². The second-order valence-corrected chi connectivity index (χ2v) is 5.83. The van der Waals surface area contributed by atoms with Gasteiger partial charge in [-0.15, -0.1) is 0 Å². The molecule has 6 heteroatoms. The van der Waals surface area contributed by atoms with E-state index in [1.807, 2.05) is 12.1 Å². The van der Waals surface area contributed by atoms with Gasteiger partial charge in [0.1, 0.15) is 0 Å². The Morgan fingerprint density at radius 2 is 2.04 bits per heavy atom. The highest BCUT2D eigenvalue weighted by Crippen LogP contribution is 2.25. The highest BCUT2D eigenvalue weighted by Gasteiger charge is 2.36. The number of aromatic nitrogens is 1. The zero-order valence-electron chi connectivity index (χ0n) is 12.6. The number of pyridine rings is 1. The quantitative estimate of drug-likeness (QED) is 0.901. The maximum atomic E-state index is 12.6. The Balaban J connectivity index is 1.83. The van der Waals surface area contributed by atoms with Crippen LogP contribution in [-0.2, 0) is 9.53 Å². The highest BCUT2D eigenvalue weighted by atomic mass is 16.5. The first kappa shape index (κ1) is 15.4. The molecule has 120 valence electrons. The van der Waals surface area contributed by atoms with E-state index in [0.29, 0.717) is 31.6 Å². The van der Waals surface area contributed by atoms with Crippen LogP contribution in [0.3, 0.4) is 0 Å². The lowest BCUT2D eigenvalue weighted by molar-refractivity contribution is -0.139. The zero-order valence-corrected chi connectivity index (χ0v) is 12.6. The molecule has 1 fully saturated rings. The summed E-state index contributed by atoms with van der Waals surface area (Å²) in [5.74, 6) is -1.19. The van der Waals surface area contributed by atoms with E-state index in [1.165, 1.54) is 0 Å². The molecule has 0 atom stereocenters. The van der Waals surface area contributed by atoms with E-state index in [9.17, 15) is 9.59 Å². The fourth-order valence-corrected chi connectivity index (χ4v) is 2.93. The van der Waals surface area contributed by atoms with Crippen molar-refractivity contribution in [2.45, 2.75) is 24.8 Å². The number of benzene rings is 1. The zero-order chi connectivity index (χ0) is 16.3. The molecule has 1 aromatic carbocycles. The Labute approximate surface area is 133 Å². The molecule has 6 nitrogen and oxygen atoms in total. The number of hydrogen-bond acceptors (Lipinski definition) is 4. The summed E-state index contributed by atoms with van der Waals surface area (Å²) in [6, 6.07) is 8.97. The molecule has 0 unspecified atom stereocenters. The van der Waals surface area contributed by atoms with Gasteiger partial charge in [-0.1, -0.05) is 6.07 Å². The van der Waals surface area contributed by atoms with Crippen molar-refractivity contribution in [2.24, 2.45) is 0 Å². The van der Waals surface area contributed by atoms with Gasteiger partial charge in [-0.25, -0.2) is 0 Å². The van der Waals surface area contributed by atoms with Crippen molar-refractivity contribution in [3.63, 3.8) is 0 Å². The number of fused-ring (bicyclic) bond motifs is 1. The molecule has 3 rings (SSSR count). The van der Waals surface area contributed by atoms with Gasteiger partial charge in [-0.2, -0.15) is 0 Å². The Bertz CT molecular complexity index is 738. The summed E-state index contributed by atoms with van der Waals surface area (Å²) in [4.78, 5) is 28.0. The first-order chi connectivity index (χ1) is 11.1. The highest BCUT2D eigenvalue weighted by molar-refractivity contribution is 5.98. The number of aliphatic carboxylic acids is 1. The lowest BCUT2D eigenvalue weighted by Crippen LogP contribution is -2.53. The average Bonchev–Trinajstić information content (AvgIpc) is 2.54. The first-order valence-electron chi connectivity index (χ1n) is 7.55. The number of amides is 1. The first-order valence-corrected chi connectivity index (χ1v) is 7.55. The number of rotatable bonds is 4. The van der Waals surface area contributed by atoms with Crippen LogP contribution in [0.15, 0.2) is 36.5 Å². The van der Waals surface area contributed by atoms with Crippen LogP contribution >= 0.6 is 0 Å². The van der Waals surface area contributed by atoms with Crippen LogP contribution in [0.5, 0.6) is 0 Å². The molecule has 1 aliphatic heterocycles. The van der Waals surface area contributed by atoms with E-state index < -0.39 is 11.5 Å². The molecule has 0 radical (unpaired) electrons. The molecule has 23 heavy (non-hydrogen) atoms. The van der Waals surface area contributed by atoms with E-state index in [0.717, 1.165) is 10.9 Å². The van der Waals surface area contributed by atoms with E-state index in [4.69, 9.17) is 9.84 Å². The van der Waals surface area contributed by atoms with Crippen molar-refractivity contribution in [3.05, 3.63) is 42.1 Å². The summed E-state index contributed by atoms with van der Waals surface area (Å²) in [6.07, 6.45) is 2.60. The molecule has 1 aliphatic rings. The normalized spacial score (nSPS) is 16.9. The lowest BCUT2D eigenvalue weighted by Gasteiger charge is -2.36. The van der Waals surface area contributed by atoms with E-state index in [1.54, 1.807) is 24.4 Å². The van der Waals surface area contributed by atoms with Gasteiger partial charge in [0.2, 0.25) is 0 Å². The fraction of sp³-hybridized carbons (Fsp3) is 0.353. The van der Waals surface area contributed by atoms with Gasteiger partial charge in [0.25, 0.3) is 5.91 Å². The minimum atomic E-state index is -0.921. The smallest absolute Gasteiger partial charge is 0.305 e. The minimum Gasteiger partial charge on any atom is -0.481 e. The molecule has 2 heterocycles. The molecule has 2 aromatic rings. The molecule has 1 aromatic heterocycles. The predicted octanol–water partition coefficient (Wildman–Crippen LogP) is 1.99. The number of carbonyl (C=O) groups excluding carboxylic acids is 1. The van der Waals surface area contributed by atoms with Crippen LogP contribution in [0.1, 0.15) is 29.6 Å². The summed E-state index contributed by atoms with van der Waals surface area (Å²) in [7, 11) is 0. The third-order valence-corrected chi connectivity index (χ3v) is 4.18. The van der Waals surface area contributed by atoms with Crippen molar-refractivity contribution in [1.82, 2.24) is 10.3 Å². The van der Waals surface area contributed by atoms with Gasteiger partial charge in [0.15, 0.2) is 0 Å². The van der Waals surface area contributed by atoms with Crippen molar-refractivity contribution in [2.75, 3.05) is 13.2 Å². The van der Waals surface area contributed by atoms with Crippen LogP contribution in [0.25, 0.3) is 10.9 Å². The molecule has 1 saturated heterocycles. The van der Waals surface area contributed by atoms with E-state index in [-0.39, 0.29) is 12.3 Å². The Kier molecular flexibility index (Phi) is 4.25. The Hall–Kier alpha value is -2.47. The number of nitrogens with zero attached hydrogens (tertiary/aromatic N) is 1. The molecular weight excluding hydrogens is 296 g/mol. The van der Waals surface area contributed by atoms with E-state index in [2.05, 4.69) is 10.3 Å². The summed E-state index contributed by atoms with van der Waals surface area (Å²) in [5, 5.41) is 13.0. The van der Waals surface area contributed by atoms with Crippen LogP contribution in [-0.4, -0.2) is 40.7 Å². The Morgan fingerprint density at radius 1 is 1.26 bits per heavy atom. The molecule has 0 saturated carbocycles. The van der Waals surface area contributed by atoms with E-state index >= 15 is 0 Å². The van der Waals surface area contributed by atoms with Gasteiger partial charge in [-0.05, 0) is 37.1 Å². The second-order valence-electron chi connectivity index (χ2n) is 5.83. The topological polar surface area (TPSA) is 88.5 Å². The Morgan fingerprint density at radius 3 is 2.78 bits per heavy atom. The van der Waals surface area contributed by atoms with Crippen molar-refractivity contribution in [1.29, 1.82) is 0 Å². The summed E-state index contributed by atoms with van der Waals surface area (Å²) in [5.41, 5.74) is 0.572.